The number of nitrogens with one attached hydrogen (secondary N) is 2. The Bertz CT molecular complexity index is 1070. The Hall–Kier alpha value is -3.46. The van der Waals surface area contributed by atoms with E-state index in [0.29, 0.717) is 42.0 Å². The molecule has 2 unspecified atom stereocenters. The molecule has 9 nitrogen and oxygen atoms in total. The van der Waals surface area contributed by atoms with Gasteiger partial charge in [0.2, 0.25) is 0 Å². The highest BCUT2D eigenvalue weighted by Gasteiger charge is 2.37. The van der Waals surface area contributed by atoms with Crippen LogP contribution in [0, 0.1) is 0 Å². The van der Waals surface area contributed by atoms with E-state index in [1.54, 1.807) is 35.5 Å². The first kappa shape index (κ1) is 18.6. The van der Waals surface area contributed by atoms with Crippen LogP contribution in [0.3, 0.4) is 0 Å². The lowest BCUT2D eigenvalue weighted by atomic mass is 10.1. The fourth-order valence-electron chi connectivity index (χ4n) is 3.96. The zero-order chi connectivity index (χ0) is 20.5. The van der Waals surface area contributed by atoms with Crippen LogP contribution < -0.4 is 10.6 Å². The third-order valence-corrected chi connectivity index (χ3v) is 5.47. The largest absolute Gasteiger partial charge is 0.371 e. The lowest BCUT2D eigenvalue weighted by Crippen LogP contribution is -2.45. The van der Waals surface area contributed by atoms with Gasteiger partial charge in [-0.1, -0.05) is 5.16 Å². The molecule has 0 spiro atoms. The number of ether oxygens (including phenoxy) is 1. The first-order chi connectivity index (χ1) is 14.7. The molecule has 2 aliphatic rings. The summed E-state index contributed by atoms with van der Waals surface area (Å²) >= 11 is 0. The molecule has 2 fully saturated rings. The highest BCUT2D eigenvalue weighted by Crippen LogP contribution is 2.29. The number of morpholine rings is 1. The van der Waals surface area contributed by atoms with Gasteiger partial charge in [0.05, 0.1) is 17.6 Å². The van der Waals surface area contributed by atoms with E-state index >= 15 is 0 Å². The maximum Gasteiger partial charge on any atom is 0.319 e. The van der Waals surface area contributed by atoms with Crippen molar-refractivity contribution >= 4 is 28.6 Å². The van der Waals surface area contributed by atoms with Crippen LogP contribution in [0.2, 0.25) is 0 Å². The molecule has 30 heavy (non-hydrogen) atoms. The number of pyridine rings is 1. The summed E-state index contributed by atoms with van der Waals surface area (Å²) in [6.45, 7) is 1.56. The van der Waals surface area contributed by atoms with Crippen molar-refractivity contribution in [2.24, 2.45) is 0 Å². The van der Waals surface area contributed by atoms with Crippen LogP contribution in [-0.2, 0) is 11.3 Å². The second-order valence-electron chi connectivity index (χ2n) is 7.57. The van der Waals surface area contributed by atoms with E-state index in [9.17, 15) is 9.59 Å². The second kappa shape index (κ2) is 7.75. The number of hydrogen-bond donors (Lipinski definition) is 2. The highest BCUT2D eigenvalue weighted by molar-refractivity contribution is 6.05. The molecule has 2 atom stereocenters. The number of benzene rings is 1. The molecule has 2 saturated heterocycles. The molecule has 0 radical (unpaired) electrons. The normalized spacial score (nSPS) is 20.3. The van der Waals surface area contributed by atoms with Crippen molar-refractivity contribution in [1.82, 2.24) is 20.4 Å². The molecule has 0 aliphatic carbocycles. The van der Waals surface area contributed by atoms with Gasteiger partial charge >= 0.3 is 6.03 Å². The van der Waals surface area contributed by atoms with E-state index in [4.69, 9.17) is 9.26 Å². The molecule has 3 aromatic rings. The fraction of sp³-hybridized carbons (Fsp3) is 0.333. The fourth-order valence-corrected chi connectivity index (χ4v) is 3.96. The molecule has 4 heterocycles. The summed E-state index contributed by atoms with van der Waals surface area (Å²) in [5, 5.41) is 10.2. The van der Waals surface area contributed by atoms with Crippen molar-refractivity contribution in [1.29, 1.82) is 0 Å². The van der Waals surface area contributed by atoms with Crippen molar-refractivity contribution in [2.45, 2.75) is 31.6 Å². The number of amides is 3. The first-order valence-corrected chi connectivity index (χ1v) is 9.93. The maximum atomic E-state index is 12.9. The van der Waals surface area contributed by atoms with Gasteiger partial charge in [-0.2, -0.15) is 0 Å². The topological polar surface area (TPSA) is 110 Å². The van der Waals surface area contributed by atoms with Crippen molar-refractivity contribution in [2.75, 3.05) is 18.4 Å². The Kier molecular flexibility index (Phi) is 4.80. The average molecular weight is 407 g/mol. The number of rotatable bonds is 4. The van der Waals surface area contributed by atoms with Gasteiger partial charge in [0.15, 0.2) is 11.3 Å². The Balaban J connectivity index is 1.25. The highest BCUT2D eigenvalue weighted by atomic mass is 16.5. The number of urea groups is 1. The van der Waals surface area contributed by atoms with Gasteiger partial charge in [0.25, 0.3) is 5.91 Å². The molecule has 154 valence electrons. The predicted molar refractivity (Wildman–Crippen MR) is 108 cm³/mol. The minimum atomic E-state index is -0.342. The van der Waals surface area contributed by atoms with E-state index in [2.05, 4.69) is 20.8 Å². The lowest BCUT2D eigenvalue weighted by molar-refractivity contribution is -0.0305. The summed E-state index contributed by atoms with van der Waals surface area (Å²) in [6.07, 6.45) is 5.57. The number of aromatic nitrogens is 2. The minimum absolute atomic E-state index is 0.118. The molecular weight excluding hydrogens is 386 g/mol. The smallest absolute Gasteiger partial charge is 0.319 e. The predicted octanol–water partition coefficient (Wildman–Crippen LogP) is 2.55. The second-order valence-corrected chi connectivity index (χ2v) is 7.57. The minimum Gasteiger partial charge on any atom is -0.371 e. The number of anilines is 1. The summed E-state index contributed by atoms with van der Waals surface area (Å²) in [7, 11) is 0. The number of nitrogens with zero attached hydrogens (tertiary/aromatic N) is 3. The number of carbonyl (C=O) groups excluding carboxylic acids is 2. The van der Waals surface area contributed by atoms with Crippen LogP contribution in [0.4, 0.5) is 10.5 Å². The summed E-state index contributed by atoms with van der Waals surface area (Å²) in [4.78, 5) is 30.8. The number of likely N-dealkylation sites (tertiary alicyclic amines) is 1. The summed E-state index contributed by atoms with van der Waals surface area (Å²) in [5.74, 6) is -0.148. The van der Waals surface area contributed by atoms with Gasteiger partial charge < -0.3 is 24.8 Å². The van der Waals surface area contributed by atoms with Crippen LogP contribution in [0.1, 0.15) is 28.9 Å². The first-order valence-electron chi connectivity index (χ1n) is 9.93. The summed E-state index contributed by atoms with van der Waals surface area (Å²) in [5.41, 5.74) is 2.24. The zero-order valence-electron chi connectivity index (χ0n) is 16.2. The van der Waals surface area contributed by atoms with Gasteiger partial charge in [0, 0.05) is 43.8 Å². The van der Waals surface area contributed by atoms with Crippen LogP contribution in [0.15, 0.2) is 47.2 Å². The Morgan fingerprint density at radius 1 is 1.10 bits per heavy atom. The molecule has 0 saturated carbocycles. The van der Waals surface area contributed by atoms with Crippen LogP contribution in [0.25, 0.3) is 11.0 Å². The van der Waals surface area contributed by atoms with E-state index < -0.39 is 0 Å². The standard InChI is InChI=1S/C21H21N5O4/c27-20(26-11-15-2-3-16(12-26)29-15)19-17-4-1-14(9-18(17)30-25-19)24-21(28)23-10-13-5-7-22-8-6-13/h1,4-9,15-16H,2-3,10-12H2,(H2,23,24,28). The Morgan fingerprint density at radius 2 is 1.87 bits per heavy atom. The molecule has 2 aliphatic heterocycles. The molecule has 1 aromatic carbocycles. The molecule has 2 N–H and O–H groups in total. The summed E-state index contributed by atoms with van der Waals surface area (Å²) in [6, 6.07) is 8.45. The number of fused-ring (bicyclic) bond motifs is 3. The van der Waals surface area contributed by atoms with Gasteiger partial charge in [-0.15, -0.1) is 0 Å². The number of hydrogen-bond acceptors (Lipinski definition) is 6. The van der Waals surface area contributed by atoms with Crippen LogP contribution >= 0.6 is 0 Å². The molecule has 3 amide bonds. The van der Waals surface area contributed by atoms with E-state index in [-0.39, 0.29) is 24.1 Å². The molecule has 2 aromatic heterocycles. The molecular formula is C21H21N5O4. The maximum absolute atomic E-state index is 12.9. The third kappa shape index (κ3) is 3.71. The van der Waals surface area contributed by atoms with Crippen molar-refractivity contribution in [3.63, 3.8) is 0 Å². The molecule has 5 rings (SSSR count). The van der Waals surface area contributed by atoms with Crippen molar-refractivity contribution in [3.05, 3.63) is 54.0 Å². The van der Waals surface area contributed by atoms with Crippen molar-refractivity contribution < 1.29 is 18.8 Å². The van der Waals surface area contributed by atoms with Gasteiger partial charge in [-0.3, -0.25) is 9.78 Å². The number of carbonyl (C=O) groups is 2. The van der Waals surface area contributed by atoms with Crippen molar-refractivity contribution in [3.8, 4) is 0 Å². The molecule has 9 heteroatoms. The summed E-state index contributed by atoms with van der Waals surface area (Å²) < 4.78 is 11.2. The Morgan fingerprint density at radius 3 is 2.63 bits per heavy atom. The van der Waals surface area contributed by atoms with Crippen LogP contribution in [-0.4, -0.2) is 52.3 Å². The van der Waals surface area contributed by atoms with Gasteiger partial charge in [-0.05, 0) is 42.7 Å². The average Bonchev–Trinajstić information content (AvgIpc) is 3.34. The monoisotopic (exact) mass is 407 g/mol. The Labute approximate surface area is 172 Å². The van der Waals surface area contributed by atoms with E-state index in [1.807, 2.05) is 12.1 Å². The van der Waals surface area contributed by atoms with E-state index in [0.717, 1.165) is 18.4 Å². The van der Waals surface area contributed by atoms with Crippen LogP contribution in [0.5, 0.6) is 0 Å². The lowest BCUT2D eigenvalue weighted by Gasteiger charge is -2.31. The zero-order valence-corrected chi connectivity index (χ0v) is 16.2. The van der Waals surface area contributed by atoms with E-state index in [1.165, 1.54) is 0 Å². The molecule has 2 bridgehead atoms. The van der Waals surface area contributed by atoms with Gasteiger partial charge in [0.1, 0.15) is 0 Å². The quantitative estimate of drug-likeness (QED) is 0.688. The third-order valence-electron chi connectivity index (χ3n) is 5.47. The van der Waals surface area contributed by atoms with Gasteiger partial charge in [-0.25, -0.2) is 4.79 Å². The SMILES string of the molecule is O=C(NCc1ccncc1)Nc1ccc2c(C(=O)N3CC4CCC(C3)O4)noc2c1.